The van der Waals surface area contributed by atoms with Gasteiger partial charge in [0.25, 0.3) is 15.7 Å². The smallest absolute Gasteiger partial charge is 0.269 e. The molecular weight excluding hydrogens is 330 g/mol. The van der Waals surface area contributed by atoms with Gasteiger partial charge in [0.05, 0.1) is 9.82 Å². The molecule has 24 heavy (non-hydrogen) atoms. The molecule has 8 heteroatoms. The standard InChI is InChI=1S/C16H14N3O4S/c1-18-10-2-3-12-11-13(4-9-16(12)18)17-24(22,23)15-7-5-14(6-8-15)19(20)21/h2-11,17H,1H3/q+1. The Balaban J connectivity index is 1.93. The first kappa shape index (κ1) is 15.9. The first-order valence-electron chi connectivity index (χ1n) is 7.02. The number of nitrogens with zero attached hydrogens (tertiary/aromatic N) is 2. The van der Waals surface area contributed by atoms with E-state index in [2.05, 4.69) is 4.72 Å². The molecule has 0 aliphatic rings. The fraction of sp³-hybridized carbons (Fsp3) is 0.0625. The third-order valence-corrected chi connectivity index (χ3v) is 5.00. The van der Waals surface area contributed by atoms with Gasteiger partial charge in [0.2, 0.25) is 5.52 Å². The molecule has 2 aromatic carbocycles. The number of aromatic nitrogens is 1. The lowest BCUT2D eigenvalue weighted by Crippen LogP contribution is -2.27. The fourth-order valence-electron chi connectivity index (χ4n) is 2.39. The molecule has 1 heterocycles. The van der Waals surface area contributed by atoms with E-state index in [-0.39, 0.29) is 10.6 Å². The minimum absolute atomic E-state index is 0.0354. The number of rotatable bonds is 4. The highest BCUT2D eigenvalue weighted by molar-refractivity contribution is 7.92. The Morgan fingerprint density at radius 3 is 2.46 bits per heavy atom. The van der Waals surface area contributed by atoms with Crippen LogP contribution < -0.4 is 9.29 Å². The summed E-state index contributed by atoms with van der Waals surface area (Å²) in [6.45, 7) is 0. The molecule has 0 aliphatic carbocycles. The molecule has 1 N–H and O–H groups in total. The summed E-state index contributed by atoms with van der Waals surface area (Å²) in [6, 6.07) is 13.7. The number of sulfonamides is 1. The van der Waals surface area contributed by atoms with E-state index < -0.39 is 14.9 Å². The Kier molecular flexibility index (Phi) is 3.90. The van der Waals surface area contributed by atoms with E-state index in [1.165, 1.54) is 12.1 Å². The number of fused-ring (bicyclic) bond motifs is 1. The highest BCUT2D eigenvalue weighted by atomic mass is 32.2. The number of hydrogen-bond donors (Lipinski definition) is 1. The van der Waals surface area contributed by atoms with E-state index in [4.69, 9.17) is 0 Å². The zero-order valence-electron chi connectivity index (χ0n) is 12.7. The maximum atomic E-state index is 12.4. The van der Waals surface area contributed by atoms with Crippen molar-refractivity contribution in [3.63, 3.8) is 0 Å². The van der Waals surface area contributed by atoms with Crippen LogP contribution >= 0.6 is 0 Å². The van der Waals surface area contributed by atoms with Crippen LogP contribution in [0.25, 0.3) is 10.9 Å². The maximum absolute atomic E-state index is 12.4. The van der Waals surface area contributed by atoms with Crippen molar-refractivity contribution in [1.82, 2.24) is 0 Å². The maximum Gasteiger partial charge on any atom is 0.269 e. The topological polar surface area (TPSA) is 93.2 Å². The van der Waals surface area contributed by atoms with E-state index in [0.717, 1.165) is 23.0 Å². The number of benzene rings is 2. The summed E-state index contributed by atoms with van der Waals surface area (Å²) in [4.78, 5) is 10.0. The second-order valence-electron chi connectivity index (χ2n) is 5.25. The van der Waals surface area contributed by atoms with Gasteiger partial charge in [0.15, 0.2) is 6.20 Å². The number of nitro benzene ring substituents is 1. The summed E-state index contributed by atoms with van der Waals surface area (Å²) in [6.07, 6.45) is 1.91. The quantitative estimate of drug-likeness (QED) is 0.447. The number of aryl methyl sites for hydroxylation is 1. The van der Waals surface area contributed by atoms with Gasteiger partial charge in [0.1, 0.15) is 7.05 Å². The molecule has 0 atom stereocenters. The van der Waals surface area contributed by atoms with Gasteiger partial charge in [-0.15, -0.1) is 0 Å². The SMILES string of the molecule is C[n+]1cccc2cc(NS(=O)(=O)c3ccc([N+](=O)[O-])cc3)ccc21. The van der Waals surface area contributed by atoms with Crippen molar-refractivity contribution in [2.45, 2.75) is 4.90 Å². The van der Waals surface area contributed by atoms with Crippen LogP contribution in [0.4, 0.5) is 11.4 Å². The Morgan fingerprint density at radius 2 is 1.79 bits per heavy atom. The lowest BCUT2D eigenvalue weighted by atomic mass is 10.2. The Morgan fingerprint density at radius 1 is 1.08 bits per heavy atom. The predicted octanol–water partition coefficient (Wildman–Crippen LogP) is 2.37. The van der Waals surface area contributed by atoms with Gasteiger partial charge in [-0.3, -0.25) is 14.8 Å². The third-order valence-electron chi connectivity index (χ3n) is 3.60. The molecule has 0 bridgehead atoms. The van der Waals surface area contributed by atoms with Crippen molar-refractivity contribution in [2.75, 3.05) is 4.72 Å². The molecule has 1 aromatic heterocycles. The molecule has 0 amide bonds. The molecule has 3 aromatic rings. The Labute approximate surface area is 138 Å². The average Bonchev–Trinajstić information content (AvgIpc) is 2.54. The molecule has 0 aliphatic heterocycles. The van der Waals surface area contributed by atoms with Gasteiger partial charge in [-0.1, -0.05) is 0 Å². The van der Waals surface area contributed by atoms with E-state index in [1.807, 2.05) is 36.0 Å². The second kappa shape index (κ2) is 5.89. The molecule has 0 radical (unpaired) electrons. The molecular formula is C16H14N3O4S+. The van der Waals surface area contributed by atoms with Crippen LogP contribution in [0, 0.1) is 10.1 Å². The largest absolute Gasteiger partial charge is 0.280 e. The van der Waals surface area contributed by atoms with Crippen LogP contribution in [0.2, 0.25) is 0 Å². The summed E-state index contributed by atoms with van der Waals surface area (Å²) < 4.78 is 29.2. The summed E-state index contributed by atoms with van der Waals surface area (Å²) in [5.74, 6) is 0. The summed E-state index contributed by atoms with van der Waals surface area (Å²) in [5, 5.41) is 11.5. The summed E-state index contributed by atoms with van der Waals surface area (Å²) in [5.41, 5.74) is 1.23. The lowest BCUT2D eigenvalue weighted by Gasteiger charge is -2.08. The van der Waals surface area contributed by atoms with Gasteiger partial charge in [-0.25, -0.2) is 13.0 Å². The minimum atomic E-state index is -3.81. The van der Waals surface area contributed by atoms with Crippen LogP contribution in [0.3, 0.4) is 0 Å². The number of non-ortho nitro benzene ring substituents is 1. The second-order valence-corrected chi connectivity index (χ2v) is 6.93. The van der Waals surface area contributed by atoms with Gasteiger partial charge in [0, 0.05) is 35.3 Å². The number of nitrogens with one attached hydrogen (secondary N) is 1. The number of hydrogen-bond acceptors (Lipinski definition) is 4. The van der Waals surface area contributed by atoms with Crippen LogP contribution in [-0.4, -0.2) is 13.3 Å². The van der Waals surface area contributed by atoms with E-state index >= 15 is 0 Å². The van der Waals surface area contributed by atoms with E-state index in [0.29, 0.717) is 5.69 Å². The lowest BCUT2D eigenvalue weighted by molar-refractivity contribution is -0.644. The Bertz CT molecular complexity index is 1030. The van der Waals surface area contributed by atoms with Crippen molar-refractivity contribution >= 4 is 32.3 Å². The van der Waals surface area contributed by atoms with Crippen molar-refractivity contribution in [3.05, 3.63) is 70.9 Å². The molecule has 0 saturated heterocycles. The van der Waals surface area contributed by atoms with Gasteiger partial charge in [-0.2, -0.15) is 0 Å². The van der Waals surface area contributed by atoms with E-state index in [9.17, 15) is 18.5 Å². The van der Waals surface area contributed by atoms with E-state index in [1.54, 1.807) is 12.1 Å². The van der Waals surface area contributed by atoms with Crippen LogP contribution in [0.15, 0.2) is 65.7 Å². The first-order valence-corrected chi connectivity index (χ1v) is 8.51. The molecule has 122 valence electrons. The molecule has 0 fully saturated rings. The fourth-order valence-corrected chi connectivity index (χ4v) is 3.44. The normalized spacial score (nSPS) is 11.4. The first-order chi connectivity index (χ1) is 11.4. The number of nitro groups is 1. The summed E-state index contributed by atoms with van der Waals surface area (Å²) >= 11 is 0. The van der Waals surface area contributed by atoms with Crippen LogP contribution in [-0.2, 0) is 17.1 Å². The average molecular weight is 344 g/mol. The molecule has 0 saturated carbocycles. The third kappa shape index (κ3) is 3.04. The van der Waals surface area contributed by atoms with Crippen molar-refractivity contribution in [3.8, 4) is 0 Å². The molecule has 0 spiro atoms. The zero-order valence-corrected chi connectivity index (χ0v) is 13.5. The Hall–Kier alpha value is -3.00. The highest BCUT2D eigenvalue weighted by Crippen LogP contribution is 2.21. The minimum Gasteiger partial charge on any atom is -0.280 e. The van der Waals surface area contributed by atoms with Gasteiger partial charge < -0.3 is 0 Å². The monoisotopic (exact) mass is 344 g/mol. The zero-order chi connectivity index (χ0) is 17.3. The van der Waals surface area contributed by atoms with Gasteiger partial charge >= 0.3 is 0 Å². The van der Waals surface area contributed by atoms with Crippen molar-refractivity contribution in [1.29, 1.82) is 0 Å². The van der Waals surface area contributed by atoms with Crippen molar-refractivity contribution < 1.29 is 17.9 Å². The number of anilines is 1. The van der Waals surface area contributed by atoms with Crippen LogP contribution in [0.1, 0.15) is 0 Å². The number of pyridine rings is 1. The summed E-state index contributed by atoms with van der Waals surface area (Å²) in [7, 11) is -1.91. The van der Waals surface area contributed by atoms with Crippen LogP contribution in [0.5, 0.6) is 0 Å². The predicted molar refractivity (Wildman–Crippen MR) is 89.0 cm³/mol. The van der Waals surface area contributed by atoms with Crippen molar-refractivity contribution in [2.24, 2.45) is 7.05 Å². The molecule has 0 unspecified atom stereocenters. The van der Waals surface area contributed by atoms with Gasteiger partial charge in [-0.05, 0) is 30.3 Å². The highest BCUT2D eigenvalue weighted by Gasteiger charge is 2.16. The molecule has 7 nitrogen and oxygen atoms in total. The molecule has 3 rings (SSSR count).